The first-order chi connectivity index (χ1) is 11.5. The molecule has 2 rings (SSSR count). The Labute approximate surface area is 144 Å². The maximum absolute atomic E-state index is 12.0. The summed E-state index contributed by atoms with van der Waals surface area (Å²) >= 11 is 0. The Morgan fingerprint density at radius 3 is 2.25 bits per heavy atom. The second-order valence-corrected chi connectivity index (χ2v) is 6.09. The second-order valence-electron chi connectivity index (χ2n) is 6.09. The third-order valence-electron chi connectivity index (χ3n) is 3.85. The normalized spacial score (nSPS) is 10.3. The SMILES string of the molecule is CCCc1ccc(OCNC(=O)Nc2c(C)cc(C)cc2C)cc1. The molecule has 0 unspecified atom stereocenters. The third kappa shape index (κ3) is 5.01. The maximum Gasteiger partial charge on any atom is 0.321 e. The van der Waals surface area contributed by atoms with Gasteiger partial charge in [-0.25, -0.2) is 4.79 Å². The fraction of sp³-hybridized carbons (Fsp3) is 0.350. The Kier molecular flexibility index (Phi) is 6.24. The minimum absolute atomic E-state index is 0.128. The number of benzene rings is 2. The summed E-state index contributed by atoms with van der Waals surface area (Å²) in [5, 5.41) is 5.60. The number of urea groups is 1. The van der Waals surface area contributed by atoms with Gasteiger partial charge in [0.2, 0.25) is 0 Å². The van der Waals surface area contributed by atoms with Crippen LogP contribution in [-0.4, -0.2) is 12.8 Å². The van der Waals surface area contributed by atoms with Crippen molar-refractivity contribution in [3.8, 4) is 5.75 Å². The predicted molar refractivity (Wildman–Crippen MR) is 98.7 cm³/mol. The van der Waals surface area contributed by atoms with Gasteiger partial charge in [-0.2, -0.15) is 0 Å². The molecule has 2 N–H and O–H groups in total. The zero-order chi connectivity index (χ0) is 17.5. The first kappa shape index (κ1) is 17.9. The van der Waals surface area contributed by atoms with Gasteiger partial charge < -0.3 is 15.4 Å². The van der Waals surface area contributed by atoms with Crippen molar-refractivity contribution in [2.45, 2.75) is 40.5 Å². The van der Waals surface area contributed by atoms with Gasteiger partial charge in [-0.15, -0.1) is 0 Å². The number of hydrogen-bond donors (Lipinski definition) is 2. The Hall–Kier alpha value is -2.49. The molecule has 0 atom stereocenters. The van der Waals surface area contributed by atoms with Crippen LogP contribution in [0.5, 0.6) is 5.75 Å². The van der Waals surface area contributed by atoms with Crippen molar-refractivity contribution < 1.29 is 9.53 Å². The predicted octanol–water partition coefficient (Wildman–Crippen LogP) is 4.72. The number of amides is 2. The van der Waals surface area contributed by atoms with Crippen LogP contribution in [0.2, 0.25) is 0 Å². The zero-order valence-corrected chi connectivity index (χ0v) is 14.9. The first-order valence-electron chi connectivity index (χ1n) is 8.34. The van der Waals surface area contributed by atoms with E-state index in [4.69, 9.17) is 4.74 Å². The number of aryl methyl sites for hydroxylation is 4. The average Bonchev–Trinajstić information content (AvgIpc) is 2.53. The lowest BCUT2D eigenvalue weighted by Crippen LogP contribution is -2.32. The van der Waals surface area contributed by atoms with Crippen LogP contribution in [0.15, 0.2) is 36.4 Å². The van der Waals surface area contributed by atoms with E-state index in [2.05, 4.69) is 41.8 Å². The fourth-order valence-electron chi connectivity index (χ4n) is 2.76. The summed E-state index contributed by atoms with van der Waals surface area (Å²) in [5.74, 6) is 0.748. The van der Waals surface area contributed by atoms with Crippen molar-refractivity contribution in [1.82, 2.24) is 5.32 Å². The highest BCUT2D eigenvalue weighted by Crippen LogP contribution is 2.21. The van der Waals surface area contributed by atoms with E-state index in [1.54, 1.807) is 0 Å². The number of hydrogen-bond acceptors (Lipinski definition) is 2. The topological polar surface area (TPSA) is 50.4 Å². The number of rotatable bonds is 6. The van der Waals surface area contributed by atoms with Crippen LogP contribution in [0, 0.1) is 20.8 Å². The number of carbonyl (C=O) groups is 1. The molecule has 0 aromatic heterocycles. The molecule has 4 heteroatoms. The smallest absolute Gasteiger partial charge is 0.321 e. The highest BCUT2D eigenvalue weighted by atomic mass is 16.5. The zero-order valence-electron chi connectivity index (χ0n) is 14.9. The van der Waals surface area contributed by atoms with E-state index in [1.165, 1.54) is 11.1 Å². The molecule has 0 heterocycles. The van der Waals surface area contributed by atoms with Crippen LogP contribution in [0.4, 0.5) is 10.5 Å². The summed E-state index contributed by atoms with van der Waals surface area (Å²) in [5.41, 5.74) is 5.43. The lowest BCUT2D eigenvalue weighted by atomic mass is 10.1. The van der Waals surface area contributed by atoms with E-state index >= 15 is 0 Å². The van der Waals surface area contributed by atoms with E-state index in [0.717, 1.165) is 35.4 Å². The molecule has 0 aliphatic heterocycles. The molecule has 0 fully saturated rings. The van der Waals surface area contributed by atoms with E-state index in [-0.39, 0.29) is 12.8 Å². The molecule has 24 heavy (non-hydrogen) atoms. The minimum Gasteiger partial charge on any atom is -0.473 e. The summed E-state index contributed by atoms with van der Waals surface area (Å²) < 4.78 is 5.56. The standard InChI is InChI=1S/C20H26N2O2/c1-5-6-17-7-9-18(10-8-17)24-13-21-20(23)22-19-15(3)11-14(2)12-16(19)4/h7-12H,5-6,13H2,1-4H3,(H2,21,22,23). The molecule has 0 aliphatic rings. The minimum atomic E-state index is -0.271. The second kappa shape index (κ2) is 8.39. The van der Waals surface area contributed by atoms with Gasteiger partial charge in [-0.1, -0.05) is 43.2 Å². The quantitative estimate of drug-likeness (QED) is 0.755. The largest absolute Gasteiger partial charge is 0.473 e. The van der Waals surface area contributed by atoms with Crippen molar-refractivity contribution in [3.05, 3.63) is 58.7 Å². The average molecular weight is 326 g/mol. The van der Waals surface area contributed by atoms with Crippen LogP contribution in [0.1, 0.15) is 35.6 Å². The van der Waals surface area contributed by atoms with Crippen molar-refractivity contribution in [3.63, 3.8) is 0 Å². The monoisotopic (exact) mass is 326 g/mol. The summed E-state index contributed by atoms with van der Waals surface area (Å²) in [6, 6.07) is 11.8. The molecule has 0 radical (unpaired) electrons. The van der Waals surface area contributed by atoms with Crippen LogP contribution in [-0.2, 0) is 6.42 Å². The molecule has 2 aromatic rings. The Balaban J connectivity index is 1.83. The third-order valence-corrected chi connectivity index (χ3v) is 3.85. The first-order valence-corrected chi connectivity index (χ1v) is 8.34. The van der Waals surface area contributed by atoms with Gasteiger partial charge in [0.15, 0.2) is 6.73 Å². The highest BCUT2D eigenvalue weighted by molar-refractivity contribution is 5.91. The molecular weight excluding hydrogens is 300 g/mol. The van der Waals surface area contributed by atoms with Crippen molar-refractivity contribution in [1.29, 1.82) is 0 Å². The Bertz CT molecular complexity index is 670. The molecule has 0 aliphatic carbocycles. The van der Waals surface area contributed by atoms with Gasteiger partial charge >= 0.3 is 6.03 Å². The van der Waals surface area contributed by atoms with Crippen molar-refractivity contribution in [2.24, 2.45) is 0 Å². The van der Waals surface area contributed by atoms with Crippen LogP contribution >= 0.6 is 0 Å². The van der Waals surface area contributed by atoms with Crippen molar-refractivity contribution in [2.75, 3.05) is 12.0 Å². The van der Waals surface area contributed by atoms with Gasteiger partial charge in [0.25, 0.3) is 0 Å². The van der Waals surface area contributed by atoms with E-state index < -0.39 is 0 Å². The Morgan fingerprint density at radius 2 is 1.67 bits per heavy atom. The van der Waals surface area contributed by atoms with Gasteiger partial charge in [0, 0.05) is 5.69 Å². The van der Waals surface area contributed by atoms with Crippen LogP contribution < -0.4 is 15.4 Å². The van der Waals surface area contributed by atoms with Crippen molar-refractivity contribution >= 4 is 11.7 Å². The lowest BCUT2D eigenvalue weighted by Gasteiger charge is -2.14. The van der Waals surface area contributed by atoms with Gasteiger partial charge in [0.1, 0.15) is 5.75 Å². The van der Waals surface area contributed by atoms with Gasteiger partial charge in [-0.05, 0) is 56.0 Å². The number of carbonyl (C=O) groups excluding carboxylic acids is 1. The highest BCUT2D eigenvalue weighted by Gasteiger charge is 2.07. The lowest BCUT2D eigenvalue weighted by molar-refractivity contribution is 0.234. The maximum atomic E-state index is 12.0. The molecule has 0 saturated heterocycles. The van der Waals surface area contributed by atoms with E-state index in [9.17, 15) is 4.79 Å². The molecule has 2 amide bonds. The van der Waals surface area contributed by atoms with Crippen LogP contribution in [0.3, 0.4) is 0 Å². The molecule has 0 bridgehead atoms. The number of ether oxygens (including phenoxy) is 1. The molecule has 128 valence electrons. The molecular formula is C20H26N2O2. The number of anilines is 1. The van der Waals surface area contributed by atoms with E-state index in [1.807, 2.05) is 32.9 Å². The summed E-state index contributed by atoms with van der Waals surface area (Å²) in [4.78, 5) is 12.0. The van der Waals surface area contributed by atoms with Gasteiger partial charge in [-0.3, -0.25) is 0 Å². The summed E-state index contributed by atoms with van der Waals surface area (Å²) in [6.07, 6.45) is 2.19. The van der Waals surface area contributed by atoms with Gasteiger partial charge in [0.05, 0.1) is 0 Å². The summed E-state index contributed by atoms with van der Waals surface area (Å²) in [6.45, 7) is 8.31. The number of nitrogens with one attached hydrogen (secondary N) is 2. The van der Waals surface area contributed by atoms with Crippen LogP contribution in [0.25, 0.3) is 0 Å². The molecule has 2 aromatic carbocycles. The summed E-state index contributed by atoms with van der Waals surface area (Å²) in [7, 11) is 0. The molecule has 0 saturated carbocycles. The molecule has 0 spiro atoms. The van der Waals surface area contributed by atoms with E-state index in [0.29, 0.717) is 0 Å². The Morgan fingerprint density at radius 1 is 1.04 bits per heavy atom. The molecule has 4 nitrogen and oxygen atoms in total. The fourth-order valence-corrected chi connectivity index (χ4v) is 2.76.